The third kappa shape index (κ3) is 6.04. The van der Waals surface area contributed by atoms with Crippen molar-refractivity contribution in [1.82, 2.24) is 10.2 Å². The van der Waals surface area contributed by atoms with Gasteiger partial charge in [0.2, 0.25) is 5.91 Å². The van der Waals surface area contributed by atoms with Gasteiger partial charge in [-0.3, -0.25) is 4.79 Å². The number of piperidine rings is 1. The van der Waals surface area contributed by atoms with Crippen molar-refractivity contribution in [2.45, 2.75) is 71.1 Å². The van der Waals surface area contributed by atoms with E-state index < -0.39 is 6.61 Å². The predicted octanol–water partition coefficient (Wildman–Crippen LogP) is 4.35. The van der Waals surface area contributed by atoms with Gasteiger partial charge in [0.15, 0.2) is 11.5 Å². The molecule has 3 rings (SSSR count). The molecular weight excluding hydrogens is 378 g/mol. The standard InChI is InChI=1S/C22H32F2N2O3/c1-2-28-19-10-6-9-17(20(19)29-22(23)24)15-25-18-11-13-26(14-12-18)21(27)16-7-4-3-5-8-16/h6,9-10,16,18,22,25H,2-5,7-8,11-15H2,1H3. The minimum Gasteiger partial charge on any atom is -0.490 e. The van der Waals surface area contributed by atoms with E-state index in [0.29, 0.717) is 30.4 Å². The summed E-state index contributed by atoms with van der Waals surface area (Å²) in [6.07, 6.45) is 7.37. The van der Waals surface area contributed by atoms with E-state index in [2.05, 4.69) is 5.32 Å². The number of likely N-dealkylation sites (tertiary alicyclic amines) is 1. The van der Waals surface area contributed by atoms with Crippen LogP contribution in [0.15, 0.2) is 18.2 Å². The Morgan fingerprint density at radius 2 is 1.90 bits per heavy atom. The lowest BCUT2D eigenvalue weighted by atomic mass is 9.87. The molecule has 1 aliphatic heterocycles. The number of carbonyl (C=O) groups is 1. The molecule has 0 aromatic heterocycles. The van der Waals surface area contributed by atoms with Gasteiger partial charge < -0.3 is 19.7 Å². The number of benzene rings is 1. The summed E-state index contributed by atoms with van der Waals surface area (Å²) in [4.78, 5) is 14.7. The van der Waals surface area contributed by atoms with E-state index in [9.17, 15) is 13.6 Å². The number of para-hydroxylation sites is 1. The van der Waals surface area contributed by atoms with E-state index in [-0.39, 0.29) is 17.7 Å². The fourth-order valence-electron chi connectivity index (χ4n) is 4.36. The Labute approximate surface area is 171 Å². The third-order valence-corrected chi connectivity index (χ3v) is 5.91. The summed E-state index contributed by atoms with van der Waals surface area (Å²) in [5.74, 6) is 0.963. The van der Waals surface area contributed by atoms with Gasteiger partial charge in [-0.05, 0) is 38.7 Å². The van der Waals surface area contributed by atoms with Crippen LogP contribution in [0.1, 0.15) is 57.4 Å². The highest BCUT2D eigenvalue weighted by Gasteiger charge is 2.29. The molecule has 1 aromatic carbocycles. The third-order valence-electron chi connectivity index (χ3n) is 5.91. The lowest BCUT2D eigenvalue weighted by Gasteiger charge is -2.35. The Bertz CT molecular complexity index is 657. The molecule has 1 aliphatic carbocycles. The first-order valence-electron chi connectivity index (χ1n) is 10.8. The highest BCUT2D eigenvalue weighted by molar-refractivity contribution is 5.79. The molecule has 2 aliphatic rings. The number of hydrogen-bond donors (Lipinski definition) is 1. The van der Waals surface area contributed by atoms with Crippen LogP contribution in [0.3, 0.4) is 0 Å². The number of carbonyl (C=O) groups excluding carboxylic acids is 1. The lowest BCUT2D eigenvalue weighted by molar-refractivity contribution is -0.137. The molecule has 1 amide bonds. The lowest BCUT2D eigenvalue weighted by Crippen LogP contribution is -2.46. The first kappa shape index (κ1) is 21.8. The summed E-state index contributed by atoms with van der Waals surface area (Å²) < 4.78 is 35.9. The van der Waals surface area contributed by atoms with Gasteiger partial charge in [-0.1, -0.05) is 31.4 Å². The van der Waals surface area contributed by atoms with Crippen LogP contribution < -0.4 is 14.8 Å². The van der Waals surface area contributed by atoms with E-state index in [0.717, 1.165) is 51.6 Å². The number of nitrogens with one attached hydrogen (secondary N) is 1. The van der Waals surface area contributed by atoms with Crippen molar-refractivity contribution in [2.24, 2.45) is 5.92 Å². The Morgan fingerprint density at radius 3 is 2.55 bits per heavy atom. The second-order valence-electron chi connectivity index (χ2n) is 7.87. The summed E-state index contributed by atoms with van der Waals surface area (Å²) in [7, 11) is 0. The topological polar surface area (TPSA) is 50.8 Å². The minimum absolute atomic E-state index is 0.0989. The molecule has 1 aromatic rings. The largest absolute Gasteiger partial charge is 0.490 e. The summed E-state index contributed by atoms with van der Waals surface area (Å²) in [5, 5.41) is 3.44. The molecular formula is C22H32F2N2O3. The number of hydrogen-bond acceptors (Lipinski definition) is 4. The summed E-state index contributed by atoms with van der Waals surface area (Å²) in [6.45, 7) is 1.22. The fourth-order valence-corrected chi connectivity index (χ4v) is 4.36. The van der Waals surface area contributed by atoms with Gasteiger partial charge >= 0.3 is 6.61 Å². The molecule has 1 heterocycles. The zero-order valence-electron chi connectivity index (χ0n) is 17.2. The normalized spacial score (nSPS) is 18.8. The van der Waals surface area contributed by atoms with E-state index in [1.165, 1.54) is 6.42 Å². The van der Waals surface area contributed by atoms with Crippen LogP contribution in [-0.2, 0) is 11.3 Å². The van der Waals surface area contributed by atoms with Gasteiger partial charge in [0.1, 0.15) is 0 Å². The molecule has 162 valence electrons. The smallest absolute Gasteiger partial charge is 0.387 e. The molecule has 1 saturated heterocycles. The maximum atomic E-state index is 12.9. The van der Waals surface area contributed by atoms with Gasteiger partial charge in [-0.25, -0.2) is 0 Å². The number of nitrogens with zero attached hydrogens (tertiary/aromatic N) is 1. The predicted molar refractivity (Wildman–Crippen MR) is 107 cm³/mol. The summed E-state index contributed by atoms with van der Waals surface area (Å²) in [5.41, 5.74) is 0.650. The molecule has 7 heteroatoms. The van der Waals surface area contributed by atoms with E-state index in [1.54, 1.807) is 25.1 Å². The highest BCUT2D eigenvalue weighted by Crippen LogP contribution is 2.33. The van der Waals surface area contributed by atoms with Crippen LogP contribution >= 0.6 is 0 Å². The first-order chi connectivity index (χ1) is 14.1. The van der Waals surface area contributed by atoms with Crippen molar-refractivity contribution < 1.29 is 23.0 Å². The van der Waals surface area contributed by atoms with Crippen LogP contribution in [0.25, 0.3) is 0 Å². The Balaban J connectivity index is 1.52. The second kappa shape index (κ2) is 10.8. The van der Waals surface area contributed by atoms with Crippen LogP contribution in [0.5, 0.6) is 11.5 Å². The van der Waals surface area contributed by atoms with Gasteiger partial charge in [-0.2, -0.15) is 8.78 Å². The number of ether oxygens (including phenoxy) is 2. The number of amides is 1. The molecule has 0 bridgehead atoms. The molecule has 1 saturated carbocycles. The Kier molecular flexibility index (Phi) is 8.09. The van der Waals surface area contributed by atoms with E-state index >= 15 is 0 Å². The average Bonchev–Trinajstić information content (AvgIpc) is 2.74. The monoisotopic (exact) mass is 410 g/mol. The van der Waals surface area contributed by atoms with Crippen molar-refractivity contribution in [2.75, 3.05) is 19.7 Å². The van der Waals surface area contributed by atoms with Crippen LogP contribution in [0.2, 0.25) is 0 Å². The molecule has 0 radical (unpaired) electrons. The minimum atomic E-state index is -2.90. The molecule has 29 heavy (non-hydrogen) atoms. The number of alkyl halides is 2. The fraction of sp³-hybridized carbons (Fsp3) is 0.682. The molecule has 0 spiro atoms. The van der Waals surface area contributed by atoms with Gasteiger partial charge in [-0.15, -0.1) is 0 Å². The second-order valence-corrected chi connectivity index (χ2v) is 7.87. The molecule has 0 unspecified atom stereocenters. The number of rotatable bonds is 8. The van der Waals surface area contributed by atoms with E-state index in [4.69, 9.17) is 9.47 Å². The zero-order chi connectivity index (χ0) is 20.6. The SMILES string of the molecule is CCOc1cccc(CNC2CCN(C(=O)C3CCCCC3)CC2)c1OC(F)F. The molecule has 0 atom stereocenters. The quantitative estimate of drug-likeness (QED) is 0.692. The maximum Gasteiger partial charge on any atom is 0.387 e. The maximum absolute atomic E-state index is 12.9. The summed E-state index contributed by atoms with van der Waals surface area (Å²) >= 11 is 0. The van der Waals surface area contributed by atoms with Crippen molar-refractivity contribution in [3.63, 3.8) is 0 Å². The van der Waals surface area contributed by atoms with Crippen LogP contribution in [0, 0.1) is 5.92 Å². The Morgan fingerprint density at radius 1 is 1.17 bits per heavy atom. The average molecular weight is 411 g/mol. The van der Waals surface area contributed by atoms with Gasteiger partial charge in [0, 0.05) is 37.2 Å². The highest BCUT2D eigenvalue weighted by atomic mass is 19.3. The molecule has 5 nitrogen and oxygen atoms in total. The first-order valence-corrected chi connectivity index (χ1v) is 10.8. The Hall–Kier alpha value is -1.89. The van der Waals surface area contributed by atoms with Crippen LogP contribution in [-0.4, -0.2) is 43.2 Å². The van der Waals surface area contributed by atoms with Gasteiger partial charge in [0.25, 0.3) is 0 Å². The van der Waals surface area contributed by atoms with Crippen molar-refractivity contribution in [3.05, 3.63) is 23.8 Å². The van der Waals surface area contributed by atoms with E-state index in [1.807, 2.05) is 4.90 Å². The number of halogens is 2. The van der Waals surface area contributed by atoms with Crippen molar-refractivity contribution in [3.8, 4) is 11.5 Å². The molecule has 1 N–H and O–H groups in total. The molecule has 2 fully saturated rings. The van der Waals surface area contributed by atoms with Crippen LogP contribution in [0.4, 0.5) is 8.78 Å². The summed E-state index contributed by atoms with van der Waals surface area (Å²) in [6, 6.07) is 5.45. The van der Waals surface area contributed by atoms with Crippen molar-refractivity contribution >= 4 is 5.91 Å². The van der Waals surface area contributed by atoms with Gasteiger partial charge in [0.05, 0.1) is 6.61 Å². The zero-order valence-corrected chi connectivity index (χ0v) is 17.2. The van der Waals surface area contributed by atoms with Crippen molar-refractivity contribution in [1.29, 1.82) is 0 Å².